The number of hydrogen-bond donors (Lipinski definition) is 1. The molecule has 19 heavy (non-hydrogen) atoms. The highest BCUT2D eigenvalue weighted by Crippen LogP contribution is 2.10. The molecule has 0 unspecified atom stereocenters. The monoisotopic (exact) mass is 267 g/mol. The van der Waals surface area contributed by atoms with Crippen LogP contribution in [0.15, 0.2) is 18.7 Å². The van der Waals surface area contributed by atoms with E-state index in [1.165, 1.54) is 64.2 Å². The summed E-state index contributed by atoms with van der Waals surface area (Å²) in [7, 11) is 0. The van der Waals surface area contributed by atoms with Crippen molar-refractivity contribution in [2.75, 3.05) is 0 Å². The van der Waals surface area contributed by atoms with Crippen LogP contribution in [0, 0.1) is 0 Å². The summed E-state index contributed by atoms with van der Waals surface area (Å²) < 4.78 is 3.94. The molecule has 0 radical (unpaired) electrons. The summed E-state index contributed by atoms with van der Waals surface area (Å²) in [5.74, 6) is 0. The van der Waals surface area contributed by atoms with Crippen LogP contribution in [0.25, 0.3) is 0 Å². The Morgan fingerprint density at radius 1 is 0.895 bits per heavy atom. The van der Waals surface area contributed by atoms with Gasteiger partial charge in [0.25, 0.3) is 0 Å². The fraction of sp³-hybridized carbons (Fsp3) is 0.812. The molecule has 0 bridgehead atoms. The summed E-state index contributed by atoms with van der Waals surface area (Å²) in [6, 6.07) is 0. The second kappa shape index (κ2) is 11.0. The lowest BCUT2D eigenvalue weighted by Gasteiger charge is -2.01. The van der Waals surface area contributed by atoms with Crippen LogP contribution in [0.2, 0.25) is 0 Å². The molecular formula is C16H31N2O+. The van der Waals surface area contributed by atoms with Gasteiger partial charge in [-0.3, -0.25) is 0 Å². The molecule has 0 aliphatic carbocycles. The maximum Gasteiger partial charge on any atom is 0.245 e. The van der Waals surface area contributed by atoms with Gasteiger partial charge in [0.1, 0.15) is 12.4 Å². The lowest BCUT2D eigenvalue weighted by molar-refractivity contribution is -0.729. The van der Waals surface area contributed by atoms with Gasteiger partial charge >= 0.3 is 0 Å². The summed E-state index contributed by atoms with van der Waals surface area (Å²) in [6.45, 7) is 3.42. The molecule has 0 saturated carbocycles. The van der Waals surface area contributed by atoms with E-state index in [2.05, 4.69) is 11.5 Å². The lowest BCUT2D eigenvalue weighted by Crippen LogP contribution is -2.30. The predicted octanol–water partition coefficient (Wildman–Crippen LogP) is 3.65. The Morgan fingerprint density at radius 2 is 1.47 bits per heavy atom. The minimum atomic E-state index is 0.0744. The molecule has 1 aromatic heterocycles. The molecule has 3 nitrogen and oxygen atoms in total. The SMILES string of the molecule is CCCCCCCCCCCCn1cc[n+](CO)c1. The van der Waals surface area contributed by atoms with E-state index >= 15 is 0 Å². The molecule has 0 saturated heterocycles. The summed E-state index contributed by atoms with van der Waals surface area (Å²) in [5, 5.41) is 8.95. The van der Waals surface area contributed by atoms with Crippen LogP contribution in [0.4, 0.5) is 0 Å². The van der Waals surface area contributed by atoms with Crippen LogP contribution < -0.4 is 4.57 Å². The molecule has 1 rings (SSSR count). The number of aryl methyl sites for hydroxylation is 1. The first-order chi connectivity index (χ1) is 9.36. The van der Waals surface area contributed by atoms with Gasteiger partial charge in [0, 0.05) is 0 Å². The Kier molecular flexibility index (Phi) is 9.42. The topological polar surface area (TPSA) is 29.0 Å². The normalized spacial score (nSPS) is 11.1. The smallest absolute Gasteiger partial charge is 0.245 e. The minimum Gasteiger partial charge on any atom is -0.358 e. The second-order valence-corrected chi connectivity index (χ2v) is 5.49. The van der Waals surface area contributed by atoms with Crippen LogP contribution in [0.1, 0.15) is 71.1 Å². The van der Waals surface area contributed by atoms with Crippen molar-refractivity contribution < 1.29 is 9.67 Å². The molecule has 0 fully saturated rings. The average molecular weight is 267 g/mol. The second-order valence-electron chi connectivity index (χ2n) is 5.49. The van der Waals surface area contributed by atoms with Crippen LogP contribution in [0.5, 0.6) is 0 Å². The Bertz CT molecular complexity index is 309. The average Bonchev–Trinajstić information content (AvgIpc) is 2.89. The van der Waals surface area contributed by atoms with Crippen LogP contribution in [0.3, 0.4) is 0 Å². The van der Waals surface area contributed by atoms with Gasteiger partial charge in [-0.2, -0.15) is 0 Å². The Labute approximate surface area is 118 Å². The van der Waals surface area contributed by atoms with Gasteiger partial charge in [-0.15, -0.1) is 0 Å². The third kappa shape index (κ3) is 8.04. The number of unbranched alkanes of at least 4 members (excludes halogenated alkanes) is 9. The molecule has 0 aromatic carbocycles. The summed E-state index contributed by atoms with van der Waals surface area (Å²) >= 11 is 0. The van der Waals surface area contributed by atoms with Gasteiger partial charge in [0.05, 0.1) is 6.54 Å². The van der Waals surface area contributed by atoms with Crippen molar-refractivity contribution in [1.82, 2.24) is 4.57 Å². The van der Waals surface area contributed by atoms with Crippen molar-refractivity contribution in [3.63, 3.8) is 0 Å². The van der Waals surface area contributed by atoms with Crippen LogP contribution >= 0.6 is 0 Å². The molecule has 0 aliphatic rings. The largest absolute Gasteiger partial charge is 0.358 e. The fourth-order valence-corrected chi connectivity index (χ4v) is 2.44. The highest BCUT2D eigenvalue weighted by Gasteiger charge is 2.01. The number of aliphatic hydroxyl groups excluding tert-OH is 1. The number of nitrogens with zero attached hydrogens (tertiary/aromatic N) is 2. The molecule has 3 heteroatoms. The van der Waals surface area contributed by atoms with Gasteiger partial charge in [0.15, 0.2) is 6.73 Å². The number of aliphatic hydroxyl groups is 1. The molecule has 1 heterocycles. The van der Waals surface area contributed by atoms with Crippen molar-refractivity contribution in [2.24, 2.45) is 0 Å². The van der Waals surface area contributed by atoms with E-state index in [-0.39, 0.29) is 6.73 Å². The Balaban J connectivity index is 1.86. The zero-order valence-electron chi connectivity index (χ0n) is 12.6. The molecule has 1 aromatic rings. The van der Waals surface area contributed by atoms with E-state index in [1.807, 2.05) is 18.7 Å². The quantitative estimate of drug-likeness (QED) is 0.454. The first kappa shape index (κ1) is 16.2. The standard InChI is InChI=1S/C16H31N2O/c1-2-3-4-5-6-7-8-9-10-11-12-17-13-14-18(15-17)16-19/h13-15,19H,2-12,16H2,1H3/q+1. The zero-order valence-corrected chi connectivity index (χ0v) is 12.6. The van der Waals surface area contributed by atoms with Gasteiger partial charge in [-0.25, -0.2) is 9.13 Å². The van der Waals surface area contributed by atoms with Crippen molar-refractivity contribution in [3.8, 4) is 0 Å². The van der Waals surface area contributed by atoms with E-state index in [1.54, 1.807) is 4.57 Å². The first-order valence-corrected chi connectivity index (χ1v) is 8.02. The summed E-state index contributed by atoms with van der Waals surface area (Å²) in [6.07, 6.45) is 19.7. The van der Waals surface area contributed by atoms with Crippen molar-refractivity contribution >= 4 is 0 Å². The van der Waals surface area contributed by atoms with Crippen molar-refractivity contribution in [1.29, 1.82) is 0 Å². The molecule has 110 valence electrons. The first-order valence-electron chi connectivity index (χ1n) is 8.02. The lowest BCUT2D eigenvalue weighted by atomic mass is 10.1. The molecular weight excluding hydrogens is 236 g/mol. The number of aromatic nitrogens is 2. The van der Waals surface area contributed by atoms with E-state index in [4.69, 9.17) is 5.11 Å². The van der Waals surface area contributed by atoms with E-state index in [0.29, 0.717) is 0 Å². The Morgan fingerprint density at radius 3 is 2.00 bits per heavy atom. The molecule has 1 N–H and O–H groups in total. The third-order valence-corrected chi connectivity index (χ3v) is 3.68. The third-order valence-electron chi connectivity index (χ3n) is 3.68. The summed E-state index contributed by atoms with van der Waals surface area (Å²) in [4.78, 5) is 0. The Hall–Kier alpha value is -0.830. The highest BCUT2D eigenvalue weighted by molar-refractivity contribution is 4.65. The fourth-order valence-electron chi connectivity index (χ4n) is 2.44. The summed E-state index contributed by atoms with van der Waals surface area (Å²) in [5.41, 5.74) is 0. The minimum absolute atomic E-state index is 0.0744. The molecule has 0 spiro atoms. The number of rotatable bonds is 12. The van der Waals surface area contributed by atoms with E-state index in [0.717, 1.165) is 6.54 Å². The number of imidazole rings is 1. The van der Waals surface area contributed by atoms with Crippen LogP contribution in [-0.2, 0) is 13.3 Å². The zero-order chi connectivity index (χ0) is 13.8. The van der Waals surface area contributed by atoms with Crippen LogP contribution in [-0.4, -0.2) is 9.67 Å². The van der Waals surface area contributed by atoms with E-state index in [9.17, 15) is 0 Å². The molecule has 0 aliphatic heterocycles. The predicted molar refractivity (Wildman–Crippen MR) is 78.7 cm³/mol. The van der Waals surface area contributed by atoms with Gasteiger partial charge in [0.2, 0.25) is 6.33 Å². The van der Waals surface area contributed by atoms with E-state index < -0.39 is 0 Å². The van der Waals surface area contributed by atoms with Gasteiger partial charge in [-0.05, 0) is 12.8 Å². The molecule has 0 amide bonds. The van der Waals surface area contributed by atoms with Crippen molar-refractivity contribution in [3.05, 3.63) is 18.7 Å². The van der Waals surface area contributed by atoms with Gasteiger partial charge < -0.3 is 5.11 Å². The number of hydrogen-bond acceptors (Lipinski definition) is 1. The molecule has 0 atom stereocenters. The van der Waals surface area contributed by atoms with Crippen molar-refractivity contribution in [2.45, 2.75) is 84.4 Å². The maximum absolute atomic E-state index is 8.95. The highest BCUT2D eigenvalue weighted by atomic mass is 16.3. The maximum atomic E-state index is 8.95. The van der Waals surface area contributed by atoms with Gasteiger partial charge in [-0.1, -0.05) is 58.3 Å².